The first-order valence-corrected chi connectivity index (χ1v) is 4.16. The van der Waals surface area contributed by atoms with Gasteiger partial charge in [0.25, 0.3) is 6.47 Å². The molecule has 0 N–H and O–H groups in total. The van der Waals surface area contributed by atoms with Gasteiger partial charge in [0.15, 0.2) is 0 Å². The van der Waals surface area contributed by atoms with Crippen molar-refractivity contribution >= 4 is 17.5 Å². The normalized spacial score (nSPS) is 10.0. The van der Waals surface area contributed by atoms with Crippen LogP contribution in [-0.2, 0) is 16.1 Å². The maximum Gasteiger partial charge on any atom is 0.293 e. The van der Waals surface area contributed by atoms with Gasteiger partial charge in [-0.05, 0) is 12.1 Å². The van der Waals surface area contributed by atoms with Crippen LogP contribution < -0.4 is 0 Å². The SMILES string of the molecule is O=COCc1cnc2ccccc2n1. The lowest BCUT2D eigenvalue weighted by Gasteiger charge is -2.00. The van der Waals surface area contributed by atoms with Gasteiger partial charge in [0.05, 0.1) is 22.9 Å². The lowest BCUT2D eigenvalue weighted by atomic mass is 10.3. The topological polar surface area (TPSA) is 52.1 Å². The Morgan fingerprint density at radius 1 is 1.29 bits per heavy atom. The zero-order valence-corrected chi connectivity index (χ0v) is 7.38. The molecule has 0 bridgehead atoms. The predicted molar refractivity (Wildman–Crippen MR) is 50.4 cm³/mol. The van der Waals surface area contributed by atoms with Crippen LogP contribution in [-0.4, -0.2) is 16.4 Å². The van der Waals surface area contributed by atoms with Crippen LogP contribution in [0.3, 0.4) is 0 Å². The number of carbonyl (C=O) groups is 1. The highest BCUT2D eigenvalue weighted by Gasteiger charge is 1.98. The minimum Gasteiger partial charge on any atom is -0.461 e. The van der Waals surface area contributed by atoms with Gasteiger partial charge in [-0.2, -0.15) is 0 Å². The second-order valence-electron chi connectivity index (χ2n) is 2.76. The van der Waals surface area contributed by atoms with Gasteiger partial charge in [0.2, 0.25) is 0 Å². The Hall–Kier alpha value is -1.97. The zero-order valence-electron chi connectivity index (χ0n) is 7.38. The first kappa shape index (κ1) is 8.62. The van der Waals surface area contributed by atoms with Gasteiger partial charge < -0.3 is 4.74 Å². The Kier molecular flexibility index (Phi) is 2.36. The first-order chi connectivity index (χ1) is 6.90. The zero-order chi connectivity index (χ0) is 9.80. The third-order valence-corrected chi connectivity index (χ3v) is 1.80. The molecule has 0 unspecified atom stereocenters. The second kappa shape index (κ2) is 3.83. The molecule has 4 nitrogen and oxygen atoms in total. The van der Waals surface area contributed by atoms with Crippen molar-refractivity contribution in [2.24, 2.45) is 0 Å². The molecule has 0 spiro atoms. The minimum absolute atomic E-state index is 0.168. The third kappa shape index (κ3) is 1.69. The first-order valence-electron chi connectivity index (χ1n) is 4.16. The summed E-state index contributed by atoms with van der Waals surface area (Å²) in [6.45, 7) is 0.568. The van der Waals surface area contributed by atoms with Crippen molar-refractivity contribution in [2.75, 3.05) is 0 Å². The molecule has 70 valence electrons. The smallest absolute Gasteiger partial charge is 0.293 e. The highest BCUT2D eigenvalue weighted by atomic mass is 16.5. The van der Waals surface area contributed by atoms with Gasteiger partial charge in [-0.15, -0.1) is 0 Å². The molecular formula is C10H8N2O2. The number of benzene rings is 1. The molecule has 0 radical (unpaired) electrons. The van der Waals surface area contributed by atoms with Crippen LogP contribution in [0.5, 0.6) is 0 Å². The van der Waals surface area contributed by atoms with Crippen molar-refractivity contribution in [3.8, 4) is 0 Å². The number of hydrogen-bond acceptors (Lipinski definition) is 4. The van der Waals surface area contributed by atoms with E-state index in [-0.39, 0.29) is 6.61 Å². The maximum atomic E-state index is 9.97. The summed E-state index contributed by atoms with van der Waals surface area (Å²) < 4.78 is 4.59. The largest absolute Gasteiger partial charge is 0.461 e. The molecule has 0 amide bonds. The standard InChI is InChI=1S/C10H8N2O2/c13-7-14-6-8-5-11-9-3-1-2-4-10(9)12-8/h1-5,7H,6H2. The number of rotatable bonds is 3. The van der Waals surface area contributed by atoms with Gasteiger partial charge in [-0.3, -0.25) is 9.78 Å². The van der Waals surface area contributed by atoms with Crippen LogP contribution in [0.15, 0.2) is 30.5 Å². The average molecular weight is 188 g/mol. The molecule has 0 atom stereocenters. The number of para-hydroxylation sites is 2. The summed E-state index contributed by atoms with van der Waals surface area (Å²) in [7, 11) is 0. The van der Waals surface area contributed by atoms with Gasteiger partial charge in [-0.1, -0.05) is 12.1 Å². The highest BCUT2D eigenvalue weighted by Crippen LogP contribution is 2.08. The fourth-order valence-corrected chi connectivity index (χ4v) is 1.18. The average Bonchev–Trinajstić information content (AvgIpc) is 2.26. The van der Waals surface area contributed by atoms with E-state index in [0.29, 0.717) is 12.2 Å². The molecule has 0 saturated carbocycles. The van der Waals surface area contributed by atoms with E-state index in [2.05, 4.69) is 14.7 Å². The van der Waals surface area contributed by atoms with Crippen LogP contribution in [0.4, 0.5) is 0 Å². The molecule has 0 fully saturated rings. The van der Waals surface area contributed by atoms with Gasteiger partial charge in [0, 0.05) is 0 Å². The minimum atomic E-state index is 0.168. The molecule has 2 aromatic rings. The van der Waals surface area contributed by atoms with Gasteiger partial charge >= 0.3 is 0 Å². The molecule has 0 aliphatic carbocycles. The van der Waals surface area contributed by atoms with E-state index >= 15 is 0 Å². The van der Waals surface area contributed by atoms with E-state index < -0.39 is 0 Å². The fraction of sp³-hybridized carbons (Fsp3) is 0.100. The molecule has 0 saturated heterocycles. The summed E-state index contributed by atoms with van der Waals surface area (Å²) in [5.41, 5.74) is 2.29. The summed E-state index contributed by atoms with van der Waals surface area (Å²) in [5.74, 6) is 0. The van der Waals surface area contributed by atoms with Crippen molar-refractivity contribution in [3.05, 3.63) is 36.2 Å². The van der Waals surface area contributed by atoms with E-state index in [9.17, 15) is 4.79 Å². The summed E-state index contributed by atoms with van der Waals surface area (Å²) in [5, 5.41) is 0. The number of ether oxygens (including phenoxy) is 1. The van der Waals surface area contributed by atoms with E-state index in [1.54, 1.807) is 6.20 Å². The summed E-state index contributed by atoms with van der Waals surface area (Å²) in [6.07, 6.45) is 1.60. The molecule has 0 aliphatic heterocycles. The molecule has 1 aromatic carbocycles. The lowest BCUT2D eigenvalue weighted by Crippen LogP contribution is -1.95. The van der Waals surface area contributed by atoms with Crippen molar-refractivity contribution in [1.29, 1.82) is 0 Å². The summed E-state index contributed by atoms with van der Waals surface area (Å²) in [6, 6.07) is 7.54. The summed E-state index contributed by atoms with van der Waals surface area (Å²) in [4.78, 5) is 18.4. The fourth-order valence-electron chi connectivity index (χ4n) is 1.18. The second-order valence-corrected chi connectivity index (χ2v) is 2.76. The van der Waals surface area contributed by atoms with Crippen LogP contribution in [0.1, 0.15) is 5.69 Å². The van der Waals surface area contributed by atoms with Crippen molar-refractivity contribution < 1.29 is 9.53 Å². The summed E-state index contributed by atoms with van der Waals surface area (Å²) >= 11 is 0. The van der Waals surface area contributed by atoms with Crippen LogP contribution in [0.25, 0.3) is 11.0 Å². The van der Waals surface area contributed by atoms with E-state index in [1.807, 2.05) is 24.3 Å². The van der Waals surface area contributed by atoms with E-state index in [0.717, 1.165) is 11.0 Å². The Morgan fingerprint density at radius 2 is 2.07 bits per heavy atom. The van der Waals surface area contributed by atoms with Crippen LogP contribution >= 0.6 is 0 Å². The van der Waals surface area contributed by atoms with E-state index in [1.165, 1.54) is 0 Å². The highest BCUT2D eigenvalue weighted by molar-refractivity contribution is 5.73. The molecule has 14 heavy (non-hydrogen) atoms. The quantitative estimate of drug-likeness (QED) is 0.681. The molecule has 1 heterocycles. The molecule has 1 aromatic heterocycles. The monoisotopic (exact) mass is 188 g/mol. The third-order valence-electron chi connectivity index (χ3n) is 1.80. The Bertz CT molecular complexity index is 457. The van der Waals surface area contributed by atoms with Crippen molar-refractivity contribution in [3.63, 3.8) is 0 Å². The number of nitrogens with zero attached hydrogens (tertiary/aromatic N) is 2. The molecule has 0 aliphatic rings. The number of carbonyl (C=O) groups excluding carboxylic acids is 1. The van der Waals surface area contributed by atoms with Gasteiger partial charge in [0.1, 0.15) is 6.61 Å². The van der Waals surface area contributed by atoms with Crippen LogP contribution in [0, 0.1) is 0 Å². The Labute approximate surface area is 80.6 Å². The Balaban J connectivity index is 2.36. The number of aromatic nitrogens is 2. The molecule has 4 heteroatoms. The lowest BCUT2D eigenvalue weighted by molar-refractivity contribution is -0.129. The molecular weight excluding hydrogens is 180 g/mol. The maximum absolute atomic E-state index is 9.97. The van der Waals surface area contributed by atoms with Crippen molar-refractivity contribution in [1.82, 2.24) is 9.97 Å². The predicted octanol–water partition coefficient (Wildman–Crippen LogP) is 1.30. The van der Waals surface area contributed by atoms with Crippen molar-refractivity contribution in [2.45, 2.75) is 6.61 Å². The van der Waals surface area contributed by atoms with E-state index in [4.69, 9.17) is 0 Å². The number of hydrogen-bond donors (Lipinski definition) is 0. The Morgan fingerprint density at radius 3 is 2.86 bits per heavy atom. The van der Waals surface area contributed by atoms with Gasteiger partial charge in [-0.25, -0.2) is 4.98 Å². The number of fused-ring (bicyclic) bond motifs is 1. The molecule has 2 rings (SSSR count). The van der Waals surface area contributed by atoms with Crippen LogP contribution in [0.2, 0.25) is 0 Å².